The number of fused-ring (bicyclic) bond motifs is 3. The molecule has 166 valence electrons. The number of carbonyl (C=O) groups is 1. The molecule has 5 aromatic rings. The van der Waals surface area contributed by atoms with Crippen LogP contribution in [0, 0.1) is 0 Å². The molecule has 0 saturated heterocycles. The molecule has 0 fully saturated rings. The summed E-state index contributed by atoms with van der Waals surface area (Å²) in [7, 11) is 0. The molecular weight excluding hydrogens is 438 g/mol. The van der Waals surface area contributed by atoms with Crippen molar-refractivity contribution < 1.29 is 19.1 Å². The van der Waals surface area contributed by atoms with Crippen LogP contribution in [0.3, 0.4) is 0 Å². The number of furan rings is 1. The molecule has 0 spiro atoms. The van der Waals surface area contributed by atoms with Crippen molar-refractivity contribution in [2.75, 3.05) is 0 Å². The lowest BCUT2D eigenvalue weighted by Crippen LogP contribution is -2.28. The Balaban J connectivity index is 0.000000724. The first kappa shape index (κ1) is 21.1. The van der Waals surface area contributed by atoms with Gasteiger partial charge in [-0.3, -0.25) is 4.79 Å². The molecule has 0 atom stereocenters. The first-order valence-corrected chi connectivity index (χ1v) is 11.3. The number of hydrogen-bond acceptors (Lipinski definition) is 7. The van der Waals surface area contributed by atoms with Gasteiger partial charge in [0.15, 0.2) is 5.65 Å². The van der Waals surface area contributed by atoms with Gasteiger partial charge in [-0.2, -0.15) is 4.98 Å². The molecule has 8 heteroatoms. The molecule has 0 saturated carbocycles. The van der Waals surface area contributed by atoms with Crippen LogP contribution in [0.1, 0.15) is 16.7 Å². The van der Waals surface area contributed by atoms with Crippen LogP contribution in [0.4, 0.5) is 0 Å². The van der Waals surface area contributed by atoms with Crippen molar-refractivity contribution in [3.05, 3.63) is 83.7 Å². The fourth-order valence-corrected chi connectivity index (χ4v) is 4.91. The van der Waals surface area contributed by atoms with Crippen molar-refractivity contribution in [3.63, 3.8) is 0 Å². The Morgan fingerprint density at radius 1 is 1.15 bits per heavy atom. The van der Waals surface area contributed by atoms with Crippen LogP contribution in [0.25, 0.3) is 21.3 Å². The summed E-state index contributed by atoms with van der Waals surface area (Å²) in [6.07, 6.45) is 5.74. The van der Waals surface area contributed by atoms with E-state index in [1.807, 2.05) is 30.5 Å². The van der Waals surface area contributed by atoms with Crippen LogP contribution in [-0.2, 0) is 24.2 Å². The highest BCUT2D eigenvalue weighted by Crippen LogP contribution is 2.33. The molecule has 3 heterocycles. The average Bonchev–Trinajstić information content (AvgIpc) is 3.53. The third kappa shape index (κ3) is 4.57. The van der Waals surface area contributed by atoms with E-state index in [2.05, 4.69) is 45.6 Å². The minimum absolute atomic E-state index is 0.250. The fraction of sp³-hybridized carbons (Fsp3) is 0.160. The first-order valence-electron chi connectivity index (χ1n) is 10.5. The monoisotopic (exact) mass is 459 g/mol. The van der Waals surface area contributed by atoms with E-state index in [1.165, 1.54) is 22.5 Å². The Kier molecular flexibility index (Phi) is 6.01. The summed E-state index contributed by atoms with van der Waals surface area (Å²) in [6, 6.07) is 19.0. The summed E-state index contributed by atoms with van der Waals surface area (Å²) in [5, 5.41) is 12.3. The molecular formula is C25H21N3O4S. The van der Waals surface area contributed by atoms with Crippen molar-refractivity contribution in [3.8, 4) is 10.9 Å². The first-order chi connectivity index (χ1) is 16.2. The van der Waals surface area contributed by atoms with Crippen molar-refractivity contribution >= 4 is 39.1 Å². The van der Waals surface area contributed by atoms with Gasteiger partial charge in [0.05, 0.1) is 11.0 Å². The number of carboxylic acid groups (broad SMARTS) is 1. The number of hydrogen-bond donors (Lipinski definition) is 2. The number of nitrogens with one attached hydrogen (secondary N) is 1. The molecule has 0 aliphatic heterocycles. The van der Waals surface area contributed by atoms with Crippen LogP contribution < -0.4 is 10.1 Å². The lowest BCUT2D eigenvalue weighted by Gasteiger charge is -2.11. The van der Waals surface area contributed by atoms with E-state index in [9.17, 15) is 0 Å². The molecule has 1 aliphatic carbocycles. The Labute approximate surface area is 193 Å². The number of ether oxygens (including phenoxy) is 1. The Bertz CT molecular complexity index is 1350. The van der Waals surface area contributed by atoms with Gasteiger partial charge in [-0.1, -0.05) is 35.6 Å². The number of thiazole rings is 1. The predicted octanol–water partition coefficient (Wildman–Crippen LogP) is 5.19. The van der Waals surface area contributed by atoms with Gasteiger partial charge in [-0.15, -0.1) is 0 Å². The second-order valence-corrected chi connectivity index (χ2v) is 8.68. The average molecular weight is 460 g/mol. The summed E-state index contributed by atoms with van der Waals surface area (Å²) in [6.45, 7) is 0.537. The number of pyridine rings is 1. The quantitative estimate of drug-likeness (QED) is 0.349. The molecule has 2 aromatic carbocycles. The van der Waals surface area contributed by atoms with Gasteiger partial charge in [-0.05, 0) is 48.2 Å². The SMILES string of the molecule is O=CO.c1ccc2c(c1)CC(NCc1coc3cc(Oc4nc5ncccc5s4)ccc13)C2. The highest BCUT2D eigenvalue weighted by atomic mass is 32.1. The zero-order valence-electron chi connectivity index (χ0n) is 17.6. The minimum Gasteiger partial charge on any atom is -0.483 e. The highest BCUT2D eigenvalue weighted by Gasteiger charge is 2.20. The maximum atomic E-state index is 8.36. The second kappa shape index (κ2) is 9.40. The van der Waals surface area contributed by atoms with E-state index < -0.39 is 0 Å². The summed E-state index contributed by atoms with van der Waals surface area (Å²) in [5.74, 6) is 0.710. The zero-order valence-corrected chi connectivity index (χ0v) is 18.4. The predicted molar refractivity (Wildman–Crippen MR) is 127 cm³/mol. The summed E-state index contributed by atoms with van der Waals surface area (Å²) < 4.78 is 12.8. The van der Waals surface area contributed by atoms with E-state index in [4.69, 9.17) is 19.1 Å². The van der Waals surface area contributed by atoms with E-state index in [-0.39, 0.29) is 6.47 Å². The van der Waals surface area contributed by atoms with Gasteiger partial charge in [0.1, 0.15) is 11.3 Å². The molecule has 0 bridgehead atoms. The van der Waals surface area contributed by atoms with Crippen LogP contribution in [0.15, 0.2) is 71.5 Å². The number of aromatic nitrogens is 2. The van der Waals surface area contributed by atoms with E-state index >= 15 is 0 Å². The van der Waals surface area contributed by atoms with Gasteiger partial charge >= 0.3 is 0 Å². The minimum atomic E-state index is -0.250. The smallest absolute Gasteiger partial charge is 0.290 e. The van der Waals surface area contributed by atoms with Crippen molar-refractivity contribution in [1.29, 1.82) is 0 Å². The Morgan fingerprint density at radius 3 is 2.70 bits per heavy atom. The largest absolute Gasteiger partial charge is 0.483 e. The Morgan fingerprint density at radius 2 is 1.94 bits per heavy atom. The lowest BCUT2D eigenvalue weighted by molar-refractivity contribution is -0.122. The molecule has 3 aromatic heterocycles. The van der Waals surface area contributed by atoms with E-state index in [1.54, 1.807) is 6.20 Å². The van der Waals surface area contributed by atoms with Gasteiger partial charge in [0, 0.05) is 35.8 Å². The highest BCUT2D eigenvalue weighted by molar-refractivity contribution is 7.20. The zero-order chi connectivity index (χ0) is 22.6. The van der Waals surface area contributed by atoms with Gasteiger partial charge in [-0.25, -0.2) is 4.98 Å². The van der Waals surface area contributed by atoms with Crippen LogP contribution in [0.2, 0.25) is 0 Å². The van der Waals surface area contributed by atoms with Gasteiger partial charge < -0.3 is 19.6 Å². The third-order valence-electron chi connectivity index (χ3n) is 5.61. The van der Waals surface area contributed by atoms with Crippen LogP contribution in [-0.4, -0.2) is 27.6 Å². The normalized spacial score (nSPS) is 13.0. The fourth-order valence-electron chi connectivity index (χ4n) is 4.12. The van der Waals surface area contributed by atoms with E-state index in [0.717, 1.165) is 40.6 Å². The summed E-state index contributed by atoms with van der Waals surface area (Å²) in [5.41, 5.74) is 5.60. The number of nitrogens with zero attached hydrogens (tertiary/aromatic N) is 2. The van der Waals surface area contributed by atoms with Crippen molar-refractivity contribution in [2.45, 2.75) is 25.4 Å². The maximum absolute atomic E-state index is 8.36. The number of benzene rings is 2. The number of rotatable bonds is 5. The summed E-state index contributed by atoms with van der Waals surface area (Å²) >= 11 is 1.48. The maximum Gasteiger partial charge on any atom is 0.290 e. The molecule has 7 nitrogen and oxygen atoms in total. The van der Waals surface area contributed by atoms with Crippen molar-refractivity contribution in [1.82, 2.24) is 15.3 Å². The summed E-state index contributed by atoms with van der Waals surface area (Å²) in [4.78, 5) is 17.0. The van der Waals surface area contributed by atoms with Gasteiger partial charge in [0.2, 0.25) is 0 Å². The Hall–Kier alpha value is -3.75. The standard InChI is InChI=1S/C24H19N3O2S.CH2O2/c1-2-5-16-11-18(10-15(16)4-1)26-13-17-14-28-21-12-19(7-8-20(17)21)29-24-27-23-22(30-24)6-3-9-25-23;2-1-3/h1-9,12,14,18,26H,10-11,13H2;1H,(H,2,3). The van der Waals surface area contributed by atoms with Crippen LogP contribution in [0.5, 0.6) is 10.9 Å². The molecule has 2 N–H and O–H groups in total. The molecule has 0 unspecified atom stereocenters. The van der Waals surface area contributed by atoms with Gasteiger partial charge in [0.25, 0.3) is 11.7 Å². The molecule has 33 heavy (non-hydrogen) atoms. The molecule has 1 aliphatic rings. The van der Waals surface area contributed by atoms with Crippen molar-refractivity contribution in [2.24, 2.45) is 0 Å². The third-order valence-corrected chi connectivity index (χ3v) is 6.50. The topological polar surface area (TPSA) is 97.5 Å². The lowest BCUT2D eigenvalue weighted by atomic mass is 10.1. The van der Waals surface area contributed by atoms with E-state index in [0.29, 0.717) is 22.6 Å². The van der Waals surface area contributed by atoms with Crippen LogP contribution >= 0.6 is 11.3 Å². The molecule has 0 amide bonds. The molecule has 0 radical (unpaired) electrons. The second-order valence-electron chi connectivity index (χ2n) is 7.69. The molecule has 6 rings (SSSR count).